The van der Waals surface area contributed by atoms with Crippen LogP contribution in [-0.2, 0) is 4.74 Å². The Morgan fingerprint density at radius 2 is 1.50 bits per heavy atom. The highest BCUT2D eigenvalue weighted by molar-refractivity contribution is 5.41. The molecule has 1 saturated heterocycles. The minimum Gasteiger partial charge on any atom is -0.496 e. The molecule has 1 aliphatic heterocycles. The zero-order valence-electron chi connectivity index (χ0n) is 15.2. The topological polar surface area (TPSA) is 18.5 Å². The van der Waals surface area contributed by atoms with Crippen LogP contribution in [-0.4, -0.2) is 12.7 Å². The molecule has 1 radical (unpaired) electrons. The van der Waals surface area contributed by atoms with Gasteiger partial charge in [-0.1, -0.05) is 62.4 Å². The summed E-state index contributed by atoms with van der Waals surface area (Å²) in [4.78, 5) is 0. The number of ether oxygens (including phenoxy) is 2. The highest BCUT2D eigenvalue weighted by atomic mass is 16.5. The quantitative estimate of drug-likeness (QED) is 0.736. The number of hydrogen-bond acceptors (Lipinski definition) is 2. The van der Waals surface area contributed by atoms with Gasteiger partial charge in [0.15, 0.2) is 0 Å². The lowest BCUT2D eigenvalue weighted by molar-refractivity contribution is -0.0924. The lowest BCUT2D eigenvalue weighted by Gasteiger charge is -2.53. The summed E-state index contributed by atoms with van der Waals surface area (Å²) in [5, 5.41) is 0. The summed E-state index contributed by atoms with van der Waals surface area (Å²) >= 11 is 0. The fourth-order valence-electron chi connectivity index (χ4n) is 4.41. The number of methoxy groups -OCH3 is 1. The number of hydrogen-bond donors (Lipinski definition) is 0. The third-order valence-electron chi connectivity index (χ3n) is 5.36. The minimum absolute atomic E-state index is 0.0161. The second-order valence-electron chi connectivity index (χ2n) is 7.74. The fraction of sp³-hybridized carbons (Fsp3) is 0.409. The number of rotatable bonds is 3. The first-order valence-corrected chi connectivity index (χ1v) is 8.57. The van der Waals surface area contributed by atoms with Crippen LogP contribution < -0.4 is 4.74 Å². The average Bonchev–Trinajstić information content (AvgIpc) is 2.55. The van der Waals surface area contributed by atoms with Crippen molar-refractivity contribution in [3.8, 4) is 5.75 Å². The first kappa shape index (κ1) is 17.0. The third-order valence-corrected chi connectivity index (χ3v) is 5.36. The van der Waals surface area contributed by atoms with Crippen molar-refractivity contribution in [2.75, 3.05) is 7.11 Å². The molecule has 0 aliphatic carbocycles. The van der Waals surface area contributed by atoms with Crippen molar-refractivity contribution in [1.29, 1.82) is 0 Å². The summed E-state index contributed by atoms with van der Waals surface area (Å²) in [7, 11) is 1.74. The standard InChI is InChI=1S/C22H27O2/c1-21(2)18(16-11-7-6-8-12-16)15-24-22(3,4)20(21)17-13-9-10-14-19(17)23-5/h6-15,18,20H,1-5H3. The van der Waals surface area contributed by atoms with E-state index in [1.54, 1.807) is 7.11 Å². The van der Waals surface area contributed by atoms with Gasteiger partial charge in [-0.05, 0) is 30.9 Å². The van der Waals surface area contributed by atoms with Gasteiger partial charge in [-0.15, -0.1) is 0 Å². The SMILES string of the molecule is COc1ccccc1C1C(C)(C)O[CH]C(c2ccccc2)C1(C)C. The molecule has 2 aromatic carbocycles. The van der Waals surface area contributed by atoms with E-state index >= 15 is 0 Å². The molecule has 24 heavy (non-hydrogen) atoms. The van der Waals surface area contributed by atoms with Crippen LogP contribution in [0.4, 0.5) is 0 Å². The predicted molar refractivity (Wildman–Crippen MR) is 98.2 cm³/mol. The molecule has 2 aromatic rings. The lowest BCUT2D eigenvalue weighted by atomic mass is 9.58. The Hall–Kier alpha value is -1.80. The van der Waals surface area contributed by atoms with Crippen molar-refractivity contribution in [2.45, 2.75) is 45.1 Å². The van der Waals surface area contributed by atoms with Crippen molar-refractivity contribution in [2.24, 2.45) is 5.41 Å². The first-order chi connectivity index (χ1) is 11.4. The molecule has 127 valence electrons. The zero-order chi connectivity index (χ0) is 17.4. The van der Waals surface area contributed by atoms with Crippen molar-refractivity contribution in [1.82, 2.24) is 0 Å². The largest absolute Gasteiger partial charge is 0.496 e. The molecule has 2 heteroatoms. The van der Waals surface area contributed by atoms with E-state index in [1.165, 1.54) is 11.1 Å². The van der Waals surface area contributed by atoms with E-state index in [1.807, 2.05) is 18.7 Å². The summed E-state index contributed by atoms with van der Waals surface area (Å²) in [5.41, 5.74) is 2.18. The van der Waals surface area contributed by atoms with Gasteiger partial charge in [-0.3, -0.25) is 0 Å². The molecule has 1 heterocycles. The van der Waals surface area contributed by atoms with E-state index in [0.717, 1.165) is 5.75 Å². The van der Waals surface area contributed by atoms with Crippen molar-refractivity contribution in [3.05, 3.63) is 72.3 Å². The maximum absolute atomic E-state index is 6.25. The molecule has 0 bridgehead atoms. The molecule has 0 N–H and O–H groups in total. The van der Waals surface area contributed by atoms with Gasteiger partial charge in [-0.2, -0.15) is 0 Å². The highest BCUT2D eigenvalue weighted by Crippen LogP contribution is 2.58. The third kappa shape index (κ3) is 2.84. The van der Waals surface area contributed by atoms with Gasteiger partial charge in [0.2, 0.25) is 0 Å². The van der Waals surface area contributed by atoms with Crippen molar-refractivity contribution < 1.29 is 9.47 Å². The monoisotopic (exact) mass is 323 g/mol. The predicted octanol–water partition coefficient (Wildman–Crippen LogP) is 5.56. The van der Waals surface area contributed by atoms with Gasteiger partial charge in [0.1, 0.15) is 5.75 Å². The van der Waals surface area contributed by atoms with Crippen LogP contribution >= 0.6 is 0 Å². The van der Waals surface area contributed by atoms with Crippen LogP contribution in [0.1, 0.15) is 50.7 Å². The van der Waals surface area contributed by atoms with Gasteiger partial charge < -0.3 is 9.47 Å². The average molecular weight is 323 g/mol. The fourth-order valence-corrected chi connectivity index (χ4v) is 4.41. The summed E-state index contributed by atoms with van der Waals surface area (Å²) in [6, 6.07) is 18.9. The molecule has 0 spiro atoms. The van der Waals surface area contributed by atoms with Crippen LogP contribution in [0.2, 0.25) is 0 Å². The highest BCUT2D eigenvalue weighted by Gasteiger charge is 2.52. The molecule has 1 fully saturated rings. The molecule has 2 nitrogen and oxygen atoms in total. The van der Waals surface area contributed by atoms with Crippen molar-refractivity contribution >= 4 is 0 Å². The van der Waals surface area contributed by atoms with Crippen molar-refractivity contribution in [3.63, 3.8) is 0 Å². The van der Waals surface area contributed by atoms with Gasteiger partial charge in [0, 0.05) is 17.4 Å². The van der Waals surface area contributed by atoms with E-state index in [4.69, 9.17) is 9.47 Å². The summed E-state index contributed by atoms with van der Waals surface area (Å²) < 4.78 is 11.9. The molecule has 2 atom stereocenters. The molecule has 0 saturated carbocycles. The lowest BCUT2D eigenvalue weighted by Crippen LogP contribution is -2.49. The van der Waals surface area contributed by atoms with E-state index in [2.05, 4.69) is 70.2 Å². The smallest absolute Gasteiger partial charge is 0.122 e. The normalized spacial score (nSPS) is 25.2. The Bertz CT molecular complexity index is 688. The van der Waals surface area contributed by atoms with Crippen LogP contribution in [0.3, 0.4) is 0 Å². The maximum atomic E-state index is 6.25. The molecular weight excluding hydrogens is 296 g/mol. The maximum Gasteiger partial charge on any atom is 0.122 e. The minimum atomic E-state index is -0.302. The van der Waals surface area contributed by atoms with Crippen LogP contribution in [0.5, 0.6) is 5.75 Å². The zero-order valence-corrected chi connectivity index (χ0v) is 15.2. The van der Waals surface area contributed by atoms with Gasteiger partial charge in [-0.25, -0.2) is 0 Å². The van der Waals surface area contributed by atoms with Gasteiger partial charge in [0.05, 0.1) is 19.3 Å². The molecule has 3 rings (SSSR count). The van der Waals surface area contributed by atoms with Crippen LogP contribution in [0.25, 0.3) is 0 Å². The Kier molecular flexibility index (Phi) is 4.44. The molecule has 0 aromatic heterocycles. The Balaban J connectivity index is 2.10. The van der Waals surface area contributed by atoms with E-state index in [0.29, 0.717) is 0 Å². The van der Waals surface area contributed by atoms with E-state index < -0.39 is 0 Å². The molecule has 2 unspecified atom stereocenters. The summed E-state index contributed by atoms with van der Waals surface area (Å²) in [5.74, 6) is 1.36. The molecule has 0 amide bonds. The van der Waals surface area contributed by atoms with Gasteiger partial charge in [0.25, 0.3) is 0 Å². The molecular formula is C22H27O2. The molecule has 1 aliphatic rings. The second kappa shape index (κ2) is 6.25. The van der Waals surface area contributed by atoms with Crippen LogP contribution in [0.15, 0.2) is 54.6 Å². The first-order valence-electron chi connectivity index (χ1n) is 8.57. The summed E-state index contributed by atoms with van der Waals surface area (Å²) in [6.07, 6.45) is 0. The van der Waals surface area contributed by atoms with Gasteiger partial charge >= 0.3 is 0 Å². The van der Waals surface area contributed by atoms with Crippen LogP contribution in [0, 0.1) is 12.0 Å². The van der Waals surface area contributed by atoms with E-state index in [9.17, 15) is 0 Å². The number of para-hydroxylation sites is 1. The van der Waals surface area contributed by atoms with E-state index in [-0.39, 0.29) is 22.9 Å². The Morgan fingerprint density at radius 3 is 2.17 bits per heavy atom. The Labute approximate surface area is 145 Å². The summed E-state index contributed by atoms with van der Waals surface area (Å²) in [6.45, 7) is 11.0. The second-order valence-corrected chi connectivity index (χ2v) is 7.74. The number of benzene rings is 2. The Morgan fingerprint density at radius 1 is 0.875 bits per heavy atom.